The van der Waals surface area contributed by atoms with Crippen LogP contribution in [0.4, 0.5) is 5.13 Å². The van der Waals surface area contributed by atoms with Gasteiger partial charge in [-0.2, -0.15) is 5.10 Å². The number of aromatic nitrogens is 1. The highest BCUT2D eigenvalue weighted by atomic mass is 32.1. The van der Waals surface area contributed by atoms with Crippen molar-refractivity contribution in [3.05, 3.63) is 34.8 Å². The quantitative estimate of drug-likeness (QED) is 0.421. The van der Waals surface area contributed by atoms with E-state index in [0.29, 0.717) is 23.0 Å². The third-order valence-electron chi connectivity index (χ3n) is 2.60. The van der Waals surface area contributed by atoms with Gasteiger partial charge in [0.25, 0.3) is 0 Å². The average molecular weight is 305 g/mol. The molecule has 8 heteroatoms. The van der Waals surface area contributed by atoms with Gasteiger partial charge < -0.3 is 14.8 Å². The summed E-state index contributed by atoms with van der Waals surface area (Å²) >= 11 is 1.47. The maximum atomic E-state index is 9.37. The number of nitrogens with one attached hydrogen (secondary N) is 1. The molecule has 0 radical (unpaired) electrons. The van der Waals surface area contributed by atoms with Crippen LogP contribution in [0.25, 0.3) is 0 Å². The fourth-order valence-corrected chi connectivity index (χ4v) is 2.34. The average Bonchev–Trinajstić information content (AvgIpc) is 2.86. The third-order valence-corrected chi connectivity index (χ3v) is 3.47. The zero-order chi connectivity index (χ0) is 15.2. The first-order chi connectivity index (χ1) is 10.1. The molecule has 0 saturated carbocycles. The van der Waals surface area contributed by atoms with Gasteiger partial charge in [0.2, 0.25) is 5.13 Å². The van der Waals surface area contributed by atoms with Crippen LogP contribution in [0.2, 0.25) is 0 Å². The maximum absolute atomic E-state index is 9.37. The highest BCUT2D eigenvalue weighted by molar-refractivity contribution is 7.13. The minimum atomic E-state index is -1.59. The number of anilines is 1. The van der Waals surface area contributed by atoms with E-state index in [1.807, 2.05) is 19.2 Å². The van der Waals surface area contributed by atoms with E-state index < -0.39 is 7.12 Å². The summed E-state index contributed by atoms with van der Waals surface area (Å²) in [6, 6.07) is 5.09. The molecule has 21 heavy (non-hydrogen) atoms. The summed E-state index contributed by atoms with van der Waals surface area (Å²) in [5, 5.41) is 25.4. The van der Waals surface area contributed by atoms with E-state index in [0.717, 1.165) is 11.3 Å². The van der Waals surface area contributed by atoms with Crippen LogP contribution >= 0.6 is 11.3 Å². The van der Waals surface area contributed by atoms with Crippen molar-refractivity contribution in [2.24, 2.45) is 5.10 Å². The minimum Gasteiger partial charge on any atom is -0.494 e. The number of hydrogen-bond acceptors (Lipinski definition) is 7. The Morgan fingerprint density at radius 3 is 2.90 bits per heavy atom. The summed E-state index contributed by atoms with van der Waals surface area (Å²) in [6.07, 6.45) is 1.58. The molecule has 0 unspecified atom stereocenters. The Labute approximate surface area is 127 Å². The molecule has 0 fully saturated rings. The van der Waals surface area contributed by atoms with Crippen molar-refractivity contribution >= 4 is 35.3 Å². The fourth-order valence-electron chi connectivity index (χ4n) is 1.70. The molecule has 0 amide bonds. The van der Waals surface area contributed by atoms with Crippen LogP contribution in [0.1, 0.15) is 18.2 Å². The second-order valence-corrected chi connectivity index (χ2v) is 5.13. The molecule has 6 nitrogen and oxygen atoms in total. The fraction of sp³-hybridized carbons (Fsp3) is 0.231. The van der Waals surface area contributed by atoms with Gasteiger partial charge in [-0.05, 0) is 37.6 Å². The molecule has 1 heterocycles. The van der Waals surface area contributed by atoms with Crippen LogP contribution in [-0.4, -0.2) is 35.0 Å². The molecule has 0 aliphatic carbocycles. The first-order valence-corrected chi connectivity index (χ1v) is 7.32. The lowest BCUT2D eigenvalue weighted by molar-refractivity contribution is 0.340. The summed E-state index contributed by atoms with van der Waals surface area (Å²) in [4.78, 5) is 4.22. The smallest absolute Gasteiger partial charge is 0.492 e. The van der Waals surface area contributed by atoms with E-state index in [2.05, 4.69) is 15.5 Å². The molecule has 0 aliphatic rings. The van der Waals surface area contributed by atoms with Crippen molar-refractivity contribution in [2.45, 2.75) is 13.8 Å². The minimum absolute atomic E-state index is 0.311. The Hall–Kier alpha value is -1.90. The van der Waals surface area contributed by atoms with E-state index in [1.54, 1.807) is 24.4 Å². The molecule has 0 bridgehead atoms. The Balaban J connectivity index is 2.11. The van der Waals surface area contributed by atoms with Crippen molar-refractivity contribution in [1.29, 1.82) is 0 Å². The molecule has 0 saturated heterocycles. The van der Waals surface area contributed by atoms with Gasteiger partial charge in [0.15, 0.2) is 0 Å². The SMILES string of the molecule is CCOc1ccc(C=NNc2nc(C)cs2)cc1B(O)O. The molecule has 3 N–H and O–H groups in total. The van der Waals surface area contributed by atoms with E-state index in [9.17, 15) is 10.0 Å². The Morgan fingerprint density at radius 2 is 2.29 bits per heavy atom. The predicted molar refractivity (Wildman–Crippen MR) is 85.5 cm³/mol. The largest absolute Gasteiger partial charge is 0.494 e. The van der Waals surface area contributed by atoms with Crippen LogP contribution in [0.15, 0.2) is 28.7 Å². The second kappa shape index (κ2) is 7.21. The Morgan fingerprint density at radius 1 is 1.48 bits per heavy atom. The summed E-state index contributed by atoms with van der Waals surface area (Å²) in [6.45, 7) is 4.20. The van der Waals surface area contributed by atoms with Crippen LogP contribution in [0, 0.1) is 6.92 Å². The number of nitrogens with zero attached hydrogens (tertiary/aromatic N) is 2. The van der Waals surface area contributed by atoms with Crippen molar-refractivity contribution in [3.8, 4) is 5.75 Å². The lowest BCUT2D eigenvalue weighted by atomic mass is 9.79. The third kappa shape index (κ3) is 4.28. The van der Waals surface area contributed by atoms with Gasteiger partial charge in [0.1, 0.15) is 5.75 Å². The molecule has 0 aliphatic heterocycles. The van der Waals surface area contributed by atoms with Crippen LogP contribution in [-0.2, 0) is 0 Å². The molecular weight excluding hydrogens is 289 g/mol. The number of benzene rings is 1. The zero-order valence-corrected chi connectivity index (χ0v) is 12.6. The van der Waals surface area contributed by atoms with Crippen LogP contribution in [0.3, 0.4) is 0 Å². The van der Waals surface area contributed by atoms with Gasteiger partial charge in [-0.1, -0.05) is 0 Å². The van der Waals surface area contributed by atoms with E-state index >= 15 is 0 Å². The molecule has 110 valence electrons. The van der Waals surface area contributed by atoms with E-state index in [4.69, 9.17) is 4.74 Å². The topological polar surface area (TPSA) is 87.0 Å². The first-order valence-electron chi connectivity index (χ1n) is 6.44. The van der Waals surface area contributed by atoms with Gasteiger partial charge >= 0.3 is 7.12 Å². The molecule has 1 aromatic heterocycles. The maximum Gasteiger partial charge on any atom is 0.492 e. The summed E-state index contributed by atoms with van der Waals surface area (Å²) < 4.78 is 5.34. The molecule has 0 atom stereocenters. The predicted octanol–water partition coefficient (Wildman–Crippen LogP) is 0.976. The second-order valence-electron chi connectivity index (χ2n) is 4.27. The van der Waals surface area contributed by atoms with Crippen molar-refractivity contribution in [2.75, 3.05) is 12.0 Å². The Bertz CT molecular complexity index is 631. The molecular formula is C13H16BN3O3S. The molecule has 1 aromatic carbocycles. The van der Waals surface area contributed by atoms with Crippen LogP contribution < -0.4 is 15.6 Å². The standard InChI is InChI=1S/C13H16BN3O3S/c1-3-20-12-5-4-10(6-11(12)14(18)19)7-15-17-13-16-9(2)8-21-13/h4-8,18-19H,3H2,1-2H3,(H,16,17). The van der Waals surface area contributed by atoms with Crippen molar-refractivity contribution in [1.82, 2.24) is 4.98 Å². The number of rotatable bonds is 6. The summed E-state index contributed by atoms with van der Waals surface area (Å²) in [7, 11) is -1.59. The summed E-state index contributed by atoms with van der Waals surface area (Å²) in [5.74, 6) is 0.452. The van der Waals surface area contributed by atoms with Crippen molar-refractivity contribution < 1.29 is 14.8 Å². The normalized spacial score (nSPS) is 10.9. The number of ether oxygens (including phenoxy) is 1. The van der Waals surface area contributed by atoms with Gasteiger partial charge in [-0.25, -0.2) is 4.98 Å². The molecule has 0 spiro atoms. The van der Waals surface area contributed by atoms with Crippen molar-refractivity contribution in [3.63, 3.8) is 0 Å². The number of hydrogen-bond donors (Lipinski definition) is 3. The Kier molecular flexibility index (Phi) is 5.32. The van der Waals surface area contributed by atoms with E-state index in [1.165, 1.54) is 11.3 Å². The molecule has 2 aromatic rings. The number of aryl methyl sites for hydroxylation is 1. The first kappa shape index (κ1) is 15.5. The highest BCUT2D eigenvalue weighted by Gasteiger charge is 2.17. The number of hydrazone groups is 1. The number of thiazole rings is 1. The van der Waals surface area contributed by atoms with Crippen LogP contribution in [0.5, 0.6) is 5.75 Å². The monoisotopic (exact) mass is 305 g/mol. The van der Waals surface area contributed by atoms with Gasteiger partial charge in [-0.3, -0.25) is 5.43 Å². The zero-order valence-electron chi connectivity index (χ0n) is 11.8. The lowest BCUT2D eigenvalue weighted by Gasteiger charge is -2.10. The van der Waals surface area contributed by atoms with Gasteiger partial charge in [0.05, 0.1) is 18.5 Å². The summed E-state index contributed by atoms with van der Waals surface area (Å²) in [5.41, 5.74) is 4.79. The van der Waals surface area contributed by atoms with Gasteiger partial charge in [0, 0.05) is 10.8 Å². The molecule has 2 rings (SSSR count). The highest BCUT2D eigenvalue weighted by Crippen LogP contribution is 2.14. The lowest BCUT2D eigenvalue weighted by Crippen LogP contribution is -2.31. The van der Waals surface area contributed by atoms with E-state index in [-0.39, 0.29) is 0 Å². The van der Waals surface area contributed by atoms with Gasteiger partial charge in [-0.15, -0.1) is 11.3 Å².